The fraction of sp³-hybridized carbons (Fsp3) is 0.636. The molecule has 3 heteroatoms. The third-order valence-electron chi connectivity index (χ3n) is 3.24. The number of hydrogen-bond donors (Lipinski definition) is 0. The molecule has 14 heavy (non-hydrogen) atoms. The maximum atomic E-state index is 5.49. The van der Waals surface area contributed by atoms with Gasteiger partial charge in [-0.05, 0) is 11.3 Å². The van der Waals surface area contributed by atoms with Crippen LogP contribution in [0.5, 0.6) is 0 Å². The van der Waals surface area contributed by atoms with Gasteiger partial charge >= 0.3 is 18.9 Å². The van der Waals surface area contributed by atoms with Crippen molar-refractivity contribution in [2.24, 2.45) is 0 Å². The second-order valence-electron chi connectivity index (χ2n) is 5.25. The van der Waals surface area contributed by atoms with Crippen molar-refractivity contribution in [3.63, 3.8) is 0 Å². The van der Waals surface area contributed by atoms with Crippen LogP contribution in [0.4, 0.5) is 0 Å². The van der Waals surface area contributed by atoms with E-state index >= 15 is 0 Å². The Kier molecular flexibility index (Phi) is 4.33. The predicted molar refractivity (Wildman–Crippen MR) is 59.1 cm³/mol. The average Bonchev–Trinajstić information content (AvgIpc) is 2.32. The molecule has 0 spiro atoms. The Morgan fingerprint density at radius 1 is 1.29 bits per heavy atom. The molecule has 0 aliphatic heterocycles. The third-order valence-corrected chi connectivity index (χ3v) is 8.62. The molecule has 0 N–H and O–H groups in total. The molecule has 1 nitrogen and oxygen atoms in total. The monoisotopic (exact) mass is 202 g/mol. The molecule has 1 rings (SSSR count). The Hall–Kier alpha value is 0.0943. The number of rotatable bonds is 1. The zero-order chi connectivity index (χ0) is 10.3. The predicted octanol–water partition coefficient (Wildman–Crippen LogP) is 0.108. The number of hydrogen-bond acceptors (Lipinski definition) is 1. The number of furan rings is 1. The van der Waals surface area contributed by atoms with Gasteiger partial charge in [0, 0.05) is 0 Å². The Bertz CT molecular complexity index is 296. The van der Waals surface area contributed by atoms with Crippen molar-refractivity contribution in [1.29, 1.82) is 0 Å². The van der Waals surface area contributed by atoms with Crippen molar-refractivity contribution < 1.29 is 23.3 Å². The molecule has 0 amide bonds. The molecule has 0 aliphatic rings. The molecule has 1 heterocycles. The van der Waals surface area contributed by atoms with E-state index in [0.29, 0.717) is 5.04 Å². The summed E-state index contributed by atoms with van der Waals surface area (Å²) in [6.45, 7) is 13.7. The maximum absolute atomic E-state index is 5.49. The fourth-order valence-corrected chi connectivity index (χ4v) is 3.34. The van der Waals surface area contributed by atoms with Crippen molar-refractivity contribution in [1.82, 2.24) is 0 Å². The van der Waals surface area contributed by atoms with Gasteiger partial charge in [0.2, 0.25) is 0 Å². The van der Waals surface area contributed by atoms with Crippen LogP contribution < -0.4 is 24.2 Å². The van der Waals surface area contributed by atoms with E-state index in [9.17, 15) is 0 Å². The molecule has 0 aliphatic carbocycles. The minimum atomic E-state index is -1.47. The van der Waals surface area contributed by atoms with Crippen molar-refractivity contribution in [3.05, 3.63) is 17.9 Å². The standard InChI is InChI=1S/C11H19OSi.Li/c1-9-7-8-12-10(9)13(5,6)11(2,3)4;/h7H,1-6H3;/q-1;+1. The van der Waals surface area contributed by atoms with E-state index in [1.54, 1.807) is 0 Å². The third kappa shape index (κ3) is 2.36. The molecule has 0 atom stereocenters. The first-order chi connectivity index (χ1) is 5.77. The van der Waals surface area contributed by atoms with Crippen LogP contribution >= 0.6 is 0 Å². The quantitative estimate of drug-likeness (QED) is 0.465. The Morgan fingerprint density at radius 3 is 2.07 bits per heavy atom. The van der Waals surface area contributed by atoms with E-state index in [2.05, 4.69) is 47.1 Å². The largest absolute Gasteiger partial charge is 1.00 e. The Morgan fingerprint density at radius 2 is 1.79 bits per heavy atom. The molecule has 0 bridgehead atoms. The SMILES string of the molecule is Cc1c[c-]oc1[Si](C)(C)C(C)(C)C.[Li+]. The molecule has 0 fully saturated rings. The molecule has 0 radical (unpaired) electrons. The minimum Gasteiger partial charge on any atom is -0.598 e. The van der Waals surface area contributed by atoms with E-state index in [1.807, 2.05) is 6.07 Å². The summed E-state index contributed by atoms with van der Waals surface area (Å²) in [5.41, 5.74) is 1.26. The van der Waals surface area contributed by atoms with Crippen LogP contribution in [0.1, 0.15) is 26.3 Å². The fourth-order valence-electron chi connectivity index (χ4n) is 1.28. The van der Waals surface area contributed by atoms with E-state index in [-0.39, 0.29) is 18.9 Å². The molecule has 74 valence electrons. The average molecular weight is 202 g/mol. The smallest absolute Gasteiger partial charge is 0.598 e. The summed E-state index contributed by atoms with van der Waals surface area (Å²) in [5, 5.41) is 1.53. The van der Waals surface area contributed by atoms with E-state index in [0.717, 1.165) is 0 Å². The summed E-state index contributed by atoms with van der Waals surface area (Å²) >= 11 is 0. The van der Waals surface area contributed by atoms with E-state index in [4.69, 9.17) is 4.42 Å². The summed E-state index contributed by atoms with van der Waals surface area (Å²) in [7, 11) is -1.47. The summed E-state index contributed by atoms with van der Waals surface area (Å²) < 4.78 is 5.49. The molecule has 0 saturated carbocycles. The van der Waals surface area contributed by atoms with Crippen molar-refractivity contribution in [3.8, 4) is 0 Å². The molecule has 1 aromatic rings. The van der Waals surface area contributed by atoms with Crippen LogP contribution in [0.3, 0.4) is 0 Å². The van der Waals surface area contributed by atoms with Gasteiger partial charge in [0.25, 0.3) is 0 Å². The normalized spacial score (nSPS) is 12.4. The first-order valence-electron chi connectivity index (χ1n) is 4.74. The zero-order valence-corrected chi connectivity index (χ0v) is 11.5. The van der Waals surface area contributed by atoms with Gasteiger partial charge in [-0.2, -0.15) is 5.56 Å². The van der Waals surface area contributed by atoms with E-state index < -0.39 is 8.07 Å². The van der Waals surface area contributed by atoms with Crippen LogP contribution in [-0.2, 0) is 0 Å². The summed E-state index contributed by atoms with van der Waals surface area (Å²) in [5.74, 6) is 0. The van der Waals surface area contributed by atoms with Gasteiger partial charge in [-0.25, -0.2) is 0 Å². The van der Waals surface area contributed by atoms with Crippen molar-refractivity contribution >= 4 is 13.5 Å². The minimum absolute atomic E-state index is 0. The second-order valence-corrected chi connectivity index (χ2v) is 10.5. The van der Waals surface area contributed by atoms with Crippen molar-refractivity contribution in [2.75, 3.05) is 0 Å². The molecule has 0 aromatic carbocycles. The second kappa shape index (κ2) is 4.30. The van der Waals surface area contributed by atoms with Gasteiger partial charge in [-0.3, -0.25) is 0 Å². The van der Waals surface area contributed by atoms with Gasteiger partial charge < -0.3 is 4.42 Å². The van der Waals surface area contributed by atoms with Gasteiger partial charge in [0.1, 0.15) is 0 Å². The van der Waals surface area contributed by atoms with Crippen LogP contribution in [-0.4, -0.2) is 8.07 Å². The van der Waals surface area contributed by atoms with Crippen LogP contribution in [0, 0.1) is 13.2 Å². The van der Waals surface area contributed by atoms with Gasteiger partial charge in [0.05, 0.1) is 8.07 Å². The molecular weight excluding hydrogens is 183 g/mol. The molecule has 1 aromatic heterocycles. The molecule has 0 unspecified atom stereocenters. The van der Waals surface area contributed by atoms with Crippen molar-refractivity contribution in [2.45, 2.75) is 45.8 Å². The summed E-state index contributed by atoms with van der Waals surface area (Å²) in [6, 6.07) is 1.94. The maximum Gasteiger partial charge on any atom is 1.00 e. The topological polar surface area (TPSA) is 13.1 Å². The first-order valence-corrected chi connectivity index (χ1v) is 7.74. The zero-order valence-electron chi connectivity index (χ0n) is 10.5. The first kappa shape index (κ1) is 14.1. The van der Waals surface area contributed by atoms with E-state index in [1.165, 1.54) is 10.9 Å². The Labute approximate surface area is 100 Å². The van der Waals surface area contributed by atoms with Crippen LogP contribution in [0.25, 0.3) is 0 Å². The molecular formula is C11H19LiOSi. The van der Waals surface area contributed by atoms with Crippen LogP contribution in [0.15, 0.2) is 10.5 Å². The van der Waals surface area contributed by atoms with Gasteiger partial charge in [-0.1, -0.05) is 46.2 Å². The van der Waals surface area contributed by atoms with Gasteiger partial charge in [0.15, 0.2) is 0 Å². The Balaban J connectivity index is 0.00000169. The summed E-state index contributed by atoms with van der Waals surface area (Å²) in [4.78, 5) is 0. The summed E-state index contributed by atoms with van der Waals surface area (Å²) in [6.07, 6.45) is 2.84. The van der Waals surface area contributed by atoms with Crippen LogP contribution in [0.2, 0.25) is 18.1 Å². The molecule has 0 saturated heterocycles. The number of aryl methyl sites for hydroxylation is 1. The van der Waals surface area contributed by atoms with Gasteiger partial charge in [-0.15, -0.1) is 6.07 Å².